The Bertz CT molecular complexity index is 203. The van der Waals surface area contributed by atoms with E-state index in [1.807, 2.05) is 18.2 Å². The second-order valence-corrected chi connectivity index (χ2v) is 2.77. The summed E-state index contributed by atoms with van der Waals surface area (Å²) in [6, 6.07) is 6.04. The fraction of sp³-hybridized carbons (Fsp3) is 0.333. The van der Waals surface area contributed by atoms with Crippen molar-refractivity contribution in [2.45, 2.75) is 19.6 Å². The lowest BCUT2D eigenvalue weighted by molar-refractivity contribution is 0.987. The molecule has 3 nitrogen and oxygen atoms in total. The van der Waals surface area contributed by atoms with Gasteiger partial charge in [0.15, 0.2) is 0 Å². The smallest absolute Gasteiger partial charge is 0.0178 e. The number of hydrogen-bond donors (Lipinski definition) is 3. The van der Waals surface area contributed by atoms with Gasteiger partial charge in [0.1, 0.15) is 0 Å². The molecule has 0 atom stereocenters. The number of rotatable bonds is 3. The lowest BCUT2D eigenvalue weighted by Gasteiger charge is -2.04. The molecule has 1 aromatic rings. The lowest BCUT2D eigenvalue weighted by Crippen LogP contribution is -2.05. The van der Waals surface area contributed by atoms with Gasteiger partial charge in [-0.1, -0.05) is 18.2 Å². The zero-order valence-corrected chi connectivity index (χ0v) is 7.09. The molecule has 6 N–H and O–H groups in total. The molecule has 0 saturated heterocycles. The highest BCUT2D eigenvalue weighted by atomic mass is 14.6. The van der Waals surface area contributed by atoms with E-state index in [2.05, 4.69) is 0 Å². The van der Waals surface area contributed by atoms with Gasteiger partial charge in [0.2, 0.25) is 0 Å². The third kappa shape index (κ3) is 2.04. The lowest BCUT2D eigenvalue weighted by atomic mass is 10.1. The van der Waals surface area contributed by atoms with Gasteiger partial charge in [0, 0.05) is 19.6 Å². The van der Waals surface area contributed by atoms with Crippen LogP contribution in [0.5, 0.6) is 0 Å². The average Bonchev–Trinajstić information content (AvgIpc) is 2.16. The summed E-state index contributed by atoms with van der Waals surface area (Å²) in [5.74, 6) is 0. The highest BCUT2D eigenvalue weighted by molar-refractivity contribution is 5.29. The van der Waals surface area contributed by atoms with Crippen molar-refractivity contribution in [1.29, 1.82) is 0 Å². The normalized spacial score (nSPS) is 10.2. The molecule has 0 aliphatic heterocycles. The monoisotopic (exact) mass is 165 g/mol. The highest BCUT2D eigenvalue weighted by Crippen LogP contribution is 2.08. The Morgan fingerprint density at radius 3 is 1.08 bits per heavy atom. The van der Waals surface area contributed by atoms with E-state index in [1.54, 1.807) is 0 Å². The maximum Gasteiger partial charge on any atom is 0.0178 e. The van der Waals surface area contributed by atoms with Crippen LogP contribution in [0.1, 0.15) is 16.7 Å². The van der Waals surface area contributed by atoms with Crippen molar-refractivity contribution >= 4 is 0 Å². The summed E-state index contributed by atoms with van der Waals surface area (Å²) in [6.07, 6.45) is 0. The largest absolute Gasteiger partial charge is 0.326 e. The predicted octanol–water partition coefficient (Wildman–Crippen LogP) is 0.0627. The number of nitrogens with two attached hydrogens (primary N) is 3. The van der Waals surface area contributed by atoms with Crippen LogP contribution < -0.4 is 17.2 Å². The van der Waals surface area contributed by atoms with E-state index >= 15 is 0 Å². The second-order valence-electron chi connectivity index (χ2n) is 2.77. The van der Waals surface area contributed by atoms with Crippen LogP contribution in [0.2, 0.25) is 0 Å². The van der Waals surface area contributed by atoms with E-state index in [0.29, 0.717) is 19.6 Å². The molecule has 0 radical (unpaired) electrons. The van der Waals surface area contributed by atoms with Crippen LogP contribution in [0.4, 0.5) is 0 Å². The van der Waals surface area contributed by atoms with Gasteiger partial charge in [-0.15, -0.1) is 0 Å². The first-order chi connectivity index (χ1) is 5.80. The molecular formula is C9H15N3. The first-order valence-electron chi connectivity index (χ1n) is 4.02. The minimum Gasteiger partial charge on any atom is -0.326 e. The number of benzene rings is 1. The fourth-order valence-electron chi connectivity index (χ4n) is 1.19. The van der Waals surface area contributed by atoms with Crippen LogP contribution >= 0.6 is 0 Å². The van der Waals surface area contributed by atoms with Crippen LogP contribution in [-0.4, -0.2) is 0 Å². The molecule has 3 heteroatoms. The Morgan fingerprint density at radius 1 is 0.667 bits per heavy atom. The van der Waals surface area contributed by atoms with Crippen molar-refractivity contribution in [3.8, 4) is 0 Å². The Kier molecular flexibility index (Phi) is 3.22. The molecule has 0 aromatic heterocycles. The van der Waals surface area contributed by atoms with Crippen LogP contribution in [0.15, 0.2) is 18.2 Å². The molecule has 0 bridgehead atoms. The van der Waals surface area contributed by atoms with Gasteiger partial charge < -0.3 is 17.2 Å². The van der Waals surface area contributed by atoms with Crippen molar-refractivity contribution in [3.63, 3.8) is 0 Å². The topological polar surface area (TPSA) is 78.1 Å². The maximum absolute atomic E-state index is 5.52. The van der Waals surface area contributed by atoms with Crippen LogP contribution in [0.25, 0.3) is 0 Å². The Morgan fingerprint density at radius 2 is 0.917 bits per heavy atom. The predicted molar refractivity (Wildman–Crippen MR) is 50.1 cm³/mol. The zero-order valence-electron chi connectivity index (χ0n) is 7.09. The molecule has 66 valence electrons. The van der Waals surface area contributed by atoms with Crippen molar-refractivity contribution in [2.75, 3.05) is 0 Å². The van der Waals surface area contributed by atoms with Gasteiger partial charge in [-0.2, -0.15) is 0 Å². The van der Waals surface area contributed by atoms with Crippen LogP contribution in [-0.2, 0) is 19.6 Å². The number of hydrogen-bond acceptors (Lipinski definition) is 3. The van der Waals surface area contributed by atoms with E-state index < -0.39 is 0 Å². The van der Waals surface area contributed by atoms with E-state index in [9.17, 15) is 0 Å². The molecular weight excluding hydrogens is 150 g/mol. The highest BCUT2D eigenvalue weighted by Gasteiger charge is 1.97. The zero-order chi connectivity index (χ0) is 8.97. The quantitative estimate of drug-likeness (QED) is 0.592. The summed E-state index contributed by atoms with van der Waals surface area (Å²) in [4.78, 5) is 0. The van der Waals surface area contributed by atoms with Crippen LogP contribution in [0.3, 0.4) is 0 Å². The first kappa shape index (κ1) is 9.19. The molecule has 0 spiro atoms. The van der Waals surface area contributed by atoms with Gasteiger partial charge in [-0.05, 0) is 16.7 Å². The summed E-state index contributed by atoms with van der Waals surface area (Å²) >= 11 is 0. The summed E-state index contributed by atoms with van der Waals surface area (Å²) in [5, 5.41) is 0. The molecule has 0 fully saturated rings. The Labute approximate surface area is 72.5 Å². The Balaban J connectivity index is 3.01. The molecule has 0 aliphatic rings. The summed E-state index contributed by atoms with van der Waals surface area (Å²) in [6.45, 7) is 1.63. The summed E-state index contributed by atoms with van der Waals surface area (Å²) in [5.41, 5.74) is 19.8. The van der Waals surface area contributed by atoms with E-state index in [0.717, 1.165) is 16.7 Å². The molecule has 0 aliphatic carbocycles. The van der Waals surface area contributed by atoms with E-state index in [4.69, 9.17) is 17.2 Å². The van der Waals surface area contributed by atoms with Crippen LogP contribution in [0, 0.1) is 0 Å². The molecule has 0 unspecified atom stereocenters. The van der Waals surface area contributed by atoms with Crippen molar-refractivity contribution in [3.05, 3.63) is 34.9 Å². The standard InChI is InChI=1S/C9H15N3/c10-4-7-1-8(5-11)3-9(2-7)6-12/h1-3H,4-6,10-12H2. The minimum atomic E-state index is 0.542. The van der Waals surface area contributed by atoms with Gasteiger partial charge in [0.25, 0.3) is 0 Å². The van der Waals surface area contributed by atoms with Gasteiger partial charge in [-0.3, -0.25) is 0 Å². The summed E-state index contributed by atoms with van der Waals surface area (Å²) < 4.78 is 0. The molecule has 0 saturated carbocycles. The summed E-state index contributed by atoms with van der Waals surface area (Å²) in [7, 11) is 0. The van der Waals surface area contributed by atoms with Gasteiger partial charge >= 0.3 is 0 Å². The molecule has 0 heterocycles. The van der Waals surface area contributed by atoms with E-state index in [-0.39, 0.29) is 0 Å². The molecule has 12 heavy (non-hydrogen) atoms. The van der Waals surface area contributed by atoms with Gasteiger partial charge in [-0.25, -0.2) is 0 Å². The Hall–Kier alpha value is -0.900. The minimum absolute atomic E-state index is 0.542. The second kappa shape index (κ2) is 4.21. The molecule has 1 rings (SSSR count). The van der Waals surface area contributed by atoms with E-state index in [1.165, 1.54) is 0 Å². The fourth-order valence-corrected chi connectivity index (χ4v) is 1.19. The average molecular weight is 165 g/mol. The third-order valence-corrected chi connectivity index (χ3v) is 1.82. The maximum atomic E-state index is 5.52. The van der Waals surface area contributed by atoms with Crippen molar-refractivity contribution < 1.29 is 0 Å². The van der Waals surface area contributed by atoms with Gasteiger partial charge in [0.05, 0.1) is 0 Å². The van der Waals surface area contributed by atoms with Crippen molar-refractivity contribution in [1.82, 2.24) is 0 Å². The first-order valence-corrected chi connectivity index (χ1v) is 4.02. The molecule has 0 amide bonds. The molecule has 1 aromatic carbocycles. The third-order valence-electron chi connectivity index (χ3n) is 1.82. The SMILES string of the molecule is NCc1cc(CN)cc(CN)c1. The van der Waals surface area contributed by atoms with Crippen molar-refractivity contribution in [2.24, 2.45) is 17.2 Å².